The van der Waals surface area contributed by atoms with Crippen LogP contribution in [0.5, 0.6) is 0 Å². The van der Waals surface area contributed by atoms with Gasteiger partial charge in [-0.05, 0) is 12.0 Å². The van der Waals surface area contributed by atoms with E-state index in [0.717, 1.165) is 5.56 Å². The second kappa shape index (κ2) is 10.0. The van der Waals surface area contributed by atoms with Crippen LogP contribution in [0.15, 0.2) is 30.3 Å². The van der Waals surface area contributed by atoms with Gasteiger partial charge >= 0.3 is 5.97 Å². The summed E-state index contributed by atoms with van der Waals surface area (Å²) in [6, 6.07) is 8.76. The Morgan fingerprint density at radius 3 is 2.43 bits per heavy atom. The van der Waals surface area contributed by atoms with E-state index in [1.165, 1.54) is 11.8 Å². The van der Waals surface area contributed by atoms with Crippen LogP contribution in [0.1, 0.15) is 32.3 Å². The number of thioether (sulfide) groups is 1. The first-order chi connectivity index (χ1) is 10.9. The van der Waals surface area contributed by atoms with E-state index < -0.39 is 12.0 Å². The molecule has 0 bridgehead atoms. The average molecular weight is 337 g/mol. The predicted molar refractivity (Wildman–Crippen MR) is 91.2 cm³/mol. The van der Waals surface area contributed by atoms with E-state index in [0.29, 0.717) is 12.2 Å². The van der Waals surface area contributed by atoms with Gasteiger partial charge in [0.05, 0.1) is 18.2 Å². The molecule has 0 spiro atoms. The van der Waals surface area contributed by atoms with Crippen LogP contribution in [-0.4, -0.2) is 34.6 Å². The van der Waals surface area contributed by atoms with Gasteiger partial charge in [0, 0.05) is 11.7 Å². The van der Waals surface area contributed by atoms with E-state index in [1.807, 2.05) is 37.3 Å². The van der Waals surface area contributed by atoms with Gasteiger partial charge in [0.15, 0.2) is 5.78 Å². The van der Waals surface area contributed by atoms with Crippen molar-refractivity contribution < 1.29 is 19.5 Å². The molecule has 0 fully saturated rings. The summed E-state index contributed by atoms with van der Waals surface area (Å²) in [4.78, 5) is 35.0. The number of ketones is 1. The molecule has 0 saturated carbocycles. The highest BCUT2D eigenvalue weighted by Gasteiger charge is 2.25. The van der Waals surface area contributed by atoms with E-state index >= 15 is 0 Å². The van der Waals surface area contributed by atoms with Gasteiger partial charge in [-0.3, -0.25) is 14.4 Å². The lowest BCUT2D eigenvalue weighted by Gasteiger charge is -2.18. The molecule has 2 N–H and O–H groups in total. The Morgan fingerprint density at radius 1 is 1.22 bits per heavy atom. The predicted octanol–water partition coefficient (Wildman–Crippen LogP) is 2.49. The summed E-state index contributed by atoms with van der Waals surface area (Å²) in [5, 5.41) is 11.5. The van der Waals surface area contributed by atoms with Crippen LogP contribution in [0.25, 0.3) is 0 Å². The van der Waals surface area contributed by atoms with Crippen LogP contribution in [0.3, 0.4) is 0 Å². The van der Waals surface area contributed by atoms with E-state index in [4.69, 9.17) is 5.11 Å². The van der Waals surface area contributed by atoms with Crippen molar-refractivity contribution >= 4 is 29.4 Å². The highest BCUT2D eigenvalue weighted by atomic mass is 32.2. The number of rotatable bonds is 10. The SMILES string of the molecule is CCC(C)C(=O)N[C@@H](CC(=O)O)C(=O)CSCc1ccccc1. The normalized spacial score (nSPS) is 13.1. The smallest absolute Gasteiger partial charge is 0.305 e. The van der Waals surface area contributed by atoms with Crippen molar-refractivity contribution in [1.82, 2.24) is 5.32 Å². The number of carboxylic acid groups (broad SMARTS) is 1. The number of hydrogen-bond donors (Lipinski definition) is 2. The number of carbonyl (C=O) groups excluding carboxylic acids is 2. The van der Waals surface area contributed by atoms with E-state index in [9.17, 15) is 14.4 Å². The van der Waals surface area contributed by atoms with Crippen LogP contribution < -0.4 is 5.32 Å². The molecule has 0 heterocycles. The summed E-state index contributed by atoms with van der Waals surface area (Å²) in [6.45, 7) is 3.62. The fourth-order valence-corrected chi connectivity index (χ4v) is 2.80. The Hall–Kier alpha value is -1.82. The fraction of sp³-hybridized carbons (Fsp3) is 0.471. The zero-order valence-corrected chi connectivity index (χ0v) is 14.3. The summed E-state index contributed by atoms with van der Waals surface area (Å²) in [5.74, 6) is -1.03. The first kappa shape index (κ1) is 19.2. The third kappa shape index (κ3) is 7.32. The van der Waals surface area contributed by atoms with Gasteiger partial charge in [0.2, 0.25) is 5.91 Å². The van der Waals surface area contributed by atoms with Crippen molar-refractivity contribution in [2.45, 2.75) is 38.5 Å². The number of amides is 1. The maximum atomic E-state index is 12.2. The van der Waals surface area contributed by atoms with Gasteiger partial charge in [-0.15, -0.1) is 11.8 Å². The fourth-order valence-electron chi connectivity index (χ4n) is 1.86. The number of hydrogen-bond acceptors (Lipinski definition) is 4. The molecule has 0 aromatic heterocycles. The average Bonchev–Trinajstić information content (AvgIpc) is 2.53. The molecule has 1 unspecified atom stereocenters. The van der Waals surface area contributed by atoms with Crippen LogP contribution >= 0.6 is 11.8 Å². The molecule has 1 rings (SSSR count). The molecule has 23 heavy (non-hydrogen) atoms. The first-order valence-electron chi connectivity index (χ1n) is 7.60. The summed E-state index contributed by atoms with van der Waals surface area (Å²) in [5.41, 5.74) is 1.10. The second-order valence-corrected chi connectivity index (χ2v) is 6.40. The number of carboxylic acids is 1. The van der Waals surface area contributed by atoms with E-state index in [-0.39, 0.29) is 29.8 Å². The Bertz CT molecular complexity index is 533. The molecule has 1 amide bonds. The minimum Gasteiger partial charge on any atom is -0.481 e. The molecule has 0 aliphatic heterocycles. The highest BCUT2D eigenvalue weighted by Crippen LogP contribution is 2.13. The molecule has 2 atom stereocenters. The van der Waals surface area contributed by atoms with Crippen LogP contribution in [0.2, 0.25) is 0 Å². The monoisotopic (exact) mass is 337 g/mol. The molecule has 0 saturated heterocycles. The van der Waals surface area contributed by atoms with Gasteiger partial charge in [0.1, 0.15) is 0 Å². The number of benzene rings is 1. The summed E-state index contributed by atoms with van der Waals surface area (Å²) >= 11 is 1.42. The lowest BCUT2D eigenvalue weighted by molar-refractivity contribution is -0.140. The third-order valence-corrected chi connectivity index (χ3v) is 4.53. The Labute approximate surface area is 140 Å². The van der Waals surface area contributed by atoms with Crippen molar-refractivity contribution in [3.63, 3.8) is 0 Å². The Kier molecular flexibility index (Phi) is 8.40. The minimum absolute atomic E-state index is 0.174. The van der Waals surface area contributed by atoms with Crippen molar-refractivity contribution in [1.29, 1.82) is 0 Å². The van der Waals surface area contributed by atoms with Crippen LogP contribution in [0.4, 0.5) is 0 Å². The quantitative estimate of drug-likeness (QED) is 0.685. The van der Waals surface area contributed by atoms with E-state index in [1.54, 1.807) is 6.92 Å². The molecule has 0 radical (unpaired) electrons. The molecular weight excluding hydrogens is 314 g/mol. The van der Waals surface area contributed by atoms with Crippen molar-refractivity contribution in [2.24, 2.45) is 5.92 Å². The zero-order valence-electron chi connectivity index (χ0n) is 13.5. The number of aliphatic carboxylic acids is 1. The van der Waals surface area contributed by atoms with Gasteiger partial charge in [-0.1, -0.05) is 44.2 Å². The maximum absolute atomic E-state index is 12.2. The third-order valence-electron chi connectivity index (χ3n) is 3.50. The topological polar surface area (TPSA) is 83.5 Å². The first-order valence-corrected chi connectivity index (χ1v) is 8.76. The summed E-state index contributed by atoms with van der Waals surface area (Å²) in [7, 11) is 0. The summed E-state index contributed by atoms with van der Waals surface area (Å²) < 4.78 is 0. The van der Waals surface area contributed by atoms with Crippen molar-refractivity contribution in [3.8, 4) is 0 Å². The maximum Gasteiger partial charge on any atom is 0.305 e. The van der Waals surface area contributed by atoms with Crippen LogP contribution in [-0.2, 0) is 20.1 Å². The largest absolute Gasteiger partial charge is 0.481 e. The zero-order chi connectivity index (χ0) is 17.2. The van der Waals surface area contributed by atoms with Crippen molar-refractivity contribution in [3.05, 3.63) is 35.9 Å². The van der Waals surface area contributed by atoms with Gasteiger partial charge in [-0.25, -0.2) is 0 Å². The molecule has 1 aromatic rings. The summed E-state index contributed by atoms with van der Waals surface area (Å²) in [6.07, 6.45) is 0.259. The van der Waals surface area contributed by atoms with Crippen LogP contribution in [0, 0.1) is 5.92 Å². The van der Waals surface area contributed by atoms with Gasteiger partial charge in [-0.2, -0.15) is 0 Å². The molecule has 0 aliphatic carbocycles. The minimum atomic E-state index is -1.10. The lowest BCUT2D eigenvalue weighted by atomic mass is 10.1. The number of nitrogens with one attached hydrogen (secondary N) is 1. The molecule has 1 aromatic carbocycles. The molecule has 5 nitrogen and oxygen atoms in total. The Balaban J connectivity index is 2.54. The molecule has 126 valence electrons. The lowest BCUT2D eigenvalue weighted by Crippen LogP contribution is -2.45. The molecule has 6 heteroatoms. The second-order valence-electron chi connectivity index (χ2n) is 5.41. The molecule has 0 aliphatic rings. The standard InChI is InChI=1S/C17H23NO4S/c1-3-12(2)17(22)18-14(9-16(20)21)15(19)11-23-10-13-7-5-4-6-8-13/h4-8,12,14H,3,9-11H2,1-2H3,(H,18,22)(H,20,21)/t12?,14-/m0/s1. The van der Waals surface area contributed by atoms with E-state index in [2.05, 4.69) is 5.32 Å². The van der Waals surface area contributed by atoms with Gasteiger partial charge in [0.25, 0.3) is 0 Å². The van der Waals surface area contributed by atoms with Gasteiger partial charge < -0.3 is 10.4 Å². The van der Waals surface area contributed by atoms with Crippen molar-refractivity contribution in [2.75, 3.05) is 5.75 Å². The number of Topliss-reactive ketones (excluding diaryl/α,β-unsaturated/α-hetero) is 1. The highest BCUT2D eigenvalue weighted by molar-refractivity contribution is 7.99. The molecular formula is C17H23NO4S. The number of carbonyl (C=O) groups is 3. The Morgan fingerprint density at radius 2 is 1.87 bits per heavy atom.